The minimum atomic E-state index is -0.898. The molecule has 0 aliphatic heterocycles. The SMILES string of the molecule is COCC(NC(=O)N(C)CC(C)C(=O)O)C1CC1. The van der Waals surface area contributed by atoms with Gasteiger partial charge in [0.25, 0.3) is 0 Å². The molecule has 18 heavy (non-hydrogen) atoms. The average Bonchev–Trinajstić information content (AvgIpc) is 3.11. The monoisotopic (exact) mass is 258 g/mol. The highest BCUT2D eigenvalue weighted by Gasteiger charge is 2.33. The summed E-state index contributed by atoms with van der Waals surface area (Å²) in [5, 5.41) is 11.7. The van der Waals surface area contributed by atoms with Crippen molar-refractivity contribution in [3.8, 4) is 0 Å². The van der Waals surface area contributed by atoms with Gasteiger partial charge in [0.1, 0.15) is 0 Å². The number of nitrogens with zero attached hydrogens (tertiary/aromatic N) is 1. The van der Waals surface area contributed by atoms with E-state index in [2.05, 4.69) is 5.32 Å². The number of carboxylic acids is 1. The summed E-state index contributed by atoms with van der Waals surface area (Å²) in [7, 11) is 3.21. The molecular weight excluding hydrogens is 236 g/mol. The Morgan fingerprint density at radius 3 is 2.56 bits per heavy atom. The lowest BCUT2D eigenvalue weighted by Crippen LogP contribution is -2.47. The predicted molar refractivity (Wildman–Crippen MR) is 66.3 cm³/mol. The van der Waals surface area contributed by atoms with E-state index < -0.39 is 11.9 Å². The molecular formula is C12H22N2O4. The zero-order valence-corrected chi connectivity index (χ0v) is 11.2. The molecule has 0 bridgehead atoms. The van der Waals surface area contributed by atoms with Crippen LogP contribution in [-0.4, -0.2) is 55.4 Å². The molecule has 1 rings (SSSR count). The third kappa shape index (κ3) is 4.52. The second kappa shape index (κ2) is 6.58. The van der Waals surface area contributed by atoms with Crippen molar-refractivity contribution in [2.45, 2.75) is 25.8 Å². The number of carbonyl (C=O) groups is 2. The molecule has 6 heteroatoms. The second-order valence-corrected chi connectivity index (χ2v) is 4.97. The maximum Gasteiger partial charge on any atom is 0.317 e. The van der Waals surface area contributed by atoms with E-state index in [0.717, 1.165) is 12.8 Å². The Balaban J connectivity index is 2.40. The number of hydrogen-bond donors (Lipinski definition) is 2. The normalized spacial score (nSPS) is 17.9. The Morgan fingerprint density at radius 1 is 1.50 bits per heavy atom. The number of amides is 2. The Morgan fingerprint density at radius 2 is 2.11 bits per heavy atom. The Bertz CT molecular complexity index is 304. The molecule has 0 spiro atoms. The molecule has 1 aliphatic carbocycles. The van der Waals surface area contributed by atoms with Gasteiger partial charge >= 0.3 is 12.0 Å². The number of carboxylic acid groups (broad SMARTS) is 1. The molecule has 1 fully saturated rings. The van der Waals surface area contributed by atoms with Crippen molar-refractivity contribution in [1.82, 2.24) is 10.2 Å². The summed E-state index contributed by atoms with van der Waals surface area (Å²) < 4.78 is 5.08. The predicted octanol–water partition coefficient (Wildman–Crippen LogP) is 0.773. The van der Waals surface area contributed by atoms with Crippen molar-refractivity contribution >= 4 is 12.0 Å². The van der Waals surface area contributed by atoms with Crippen LogP contribution in [0.1, 0.15) is 19.8 Å². The molecule has 0 aromatic rings. The van der Waals surface area contributed by atoms with Crippen LogP contribution in [0.25, 0.3) is 0 Å². The zero-order chi connectivity index (χ0) is 13.7. The van der Waals surface area contributed by atoms with Crippen LogP contribution >= 0.6 is 0 Å². The first-order valence-corrected chi connectivity index (χ1v) is 6.19. The lowest BCUT2D eigenvalue weighted by molar-refractivity contribution is -0.141. The number of urea groups is 1. The fourth-order valence-electron chi connectivity index (χ4n) is 1.81. The van der Waals surface area contributed by atoms with Gasteiger partial charge in [0, 0.05) is 20.7 Å². The van der Waals surface area contributed by atoms with E-state index in [9.17, 15) is 9.59 Å². The Hall–Kier alpha value is -1.30. The van der Waals surface area contributed by atoms with Crippen LogP contribution in [0.15, 0.2) is 0 Å². The molecule has 0 heterocycles. The highest BCUT2D eigenvalue weighted by atomic mass is 16.5. The first-order chi connectivity index (χ1) is 8.45. The van der Waals surface area contributed by atoms with Gasteiger partial charge < -0.3 is 20.1 Å². The van der Waals surface area contributed by atoms with Crippen molar-refractivity contribution in [1.29, 1.82) is 0 Å². The van der Waals surface area contributed by atoms with Gasteiger partial charge in [-0.2, -0.15) is 0 Å². The molecule has 1 aliphatic rings. The van der Waals surface area contributed by atoms with Gasteiger partial charge in [-0.15, -0.1) is 0 Å². The third-order valence-corrected chi connectivity index (χ3v) is 3.16. The topological polar surface area (TPSA) is 78.9 Å². The van der Waals surface area contributed by atoms with E-state index in [1.807, 2.05) is 0 Å². The molecule has 104 valence electrons. The second-order valence-electron chi connectivity index (χ2n) is 4.97. The third-order valence-electron chi connectivity index (χ3n) is 3.16. The summed E-state index contributed by atoms with van der Waals surface area (Å²) in [5.41, 5.74) is 0. The molecule has 2 unspecified atom stereocenters. The molecule has 0 saturated heterocycles. The summed E-state index contributed by atoms with van der Waals surface area (Å²) >= 11 is 0. The van der Waals surface area contributed by atoms with Crippen LogP contribution < -0.4 is 5.32 Å². The lowest BCUT2D eigenvalue weighted by atomic mass is 10.2. The summed E-state index contributed by atoms with van der Waals surface area (Å²) in [6.45, 7) is 2.28. The average molecular weight is 258 g/mol. The number of nitrogens with one attached hydrogen (secondary N) is 1. The maximum absolute atomic E-state index is 11.9. The first-order valence-electron chi connectivity index (χ1n) is 6.19. The zero-order valence-electron chi connectivity index (χ0n) is 11.2. The van der Waals surface area contributed by atoms with E-state index >= 15 is 0 Å². The van der Waals surface area contributed by atoms with Gasteiger partial charge in [-0.05, 0) is 18.8 Å². The minimum Gasteiger partial charge on any atom is -0.481 e. The van der Waals surface area contributed by atoms with Crippen LogP contribution in [0.5, 0.6) is 0 Å². The van der Waals surface area contributed by atoms with Gasteiger partial charge in [-0.1, -0.05) is 6.92 Å². The van der Waals surface area contributed by atoms with Crippen molar-refractivity contribution in [3.05, 3.63) is 0 Å². The van der Waals surface area contributed by atoms with Crippen molar-refractivity contribution in [2.24, 2.45) is 11.8 Å². The number of rotatable bonds is 7. The molecule has 0 aromatic heterocycles. The summed E-state index contributed by atoms with van der Waals surface area (Å²) in [5.74, 6) is -0.966. The molecule has 2 N–H and O–H groups in total. The van der Waals surface area contributed by atoms with Crippen molar-refractivity contribution in [2.75, 3.05) is 27.3 Å². The van der Waals surface area contributed by atoms with Crippen LogP contribution in [0.4, 0.5) is 4.79 Å². The van der Waals surface area contributed by atoms with E-state index in [1.165, 1.54) is 4.90 Å². The number of ether oxygens (including phenoxy) is 1. The Labute approximate surface area is 107 Å². The molecule has 6 nitrogen and oxygen atoms in total. The van der Waals surface area contributed by atoms with E-state index in [1.54, 1.807) is 21.1 Å². The van der Waals surface area contributed by atoms with Crippen LogP contribution in [-0.2, 0) is 9.53 Å². The highest BCUT2D eigenvalue weighted by Crippen LogP contribution is 2.32. The summed E-state index contributed by atoms with van der Waals surface area (Å²) in [6, 6.07) is -0.206. The molecule has 2 amide bonds. The van der Waals surface area contributed by atoms with Gasteiger partial charge in [-0.25, -0.2) is 4.79 Å². The van der Waals surface area contributed by atoms with Crippen LogP contribution in [0.3, 0.4) is 0 Å². The first kappa shape index (κ1) is 14.8. The van der Waals surface area contributed by atoms with Crippen molar-refractivity contribution in [3.63, 3.8) is 0 Å². The van der Waals surface area contributed by atoms with Gasteiger partial charge in [-0.3, -0.25) is 4.79 Å². The number of aliphatic carboxylic acids is 1. The smallest absolute Gasteiger partial charge is 0.317 e. The van der Waals surface area contributed by atoms with E-state index in [0.29, 0.717) is 12.5 Å². The quantitative estimate of drug-likeness (QED) is 0.707. The number of methoxy groups -OCH3 is 1. The molecule has 0 aromatic carbocycles. The fourth-order valence-corrected chi connectivity index (χ4v) is 1.81. The minimum absolute atomic E-state index is 0.0325. The summed E-state index contributed by atoms with van der Waals surface area (Å²) in [4.78, 5) is 24.0. The fraction of sp³-hybridized carbons (Fsp3) is 0.833. The number of carbonyl (C=O) groups excluding carboxylic acids is 1. The molecule has 0 radical (unpaired) electrons. The van der Waals surface area contributed by atoms with Crippen LogP contribution in [0, 0.1) is 11.8 Å². The van der Waals surface area contributed by atoms with Crippen molar-refractivity contribution < 1.29 is 19.4 Å². The van der Waals surface area contributed by atoms with E-state index in [4.69, 9.17) is 9.84 Å². The molecule has 2 atom stereocenters. The van der Waals surface area contributed by atoms with E-state index in [-0.39, 0.29) is 18.6 Å². The maximum atomic E-state index is 11.9. The number of hydrogen-bond acceptors (Lipinski definition) is 3. The highest BCUT2D eigenvalue weighted by molar-refractivity contribution is 5.76. The van der Waals surface area contributed by atoms with Gasteiger partial charge in [0.2, 0.25) is 0 Å². The molecule has 1 saturated carbocycles. The Kier molecular flexibility index (Phi) is 5.40. The summed E-state index contributed by atoms with van der Waals surface area (Å²) in [6.07, 6.45) is 2.23. The lowest BCUT2D eigenvalue weighted by Gasteiger charge is -2.24. The van der Waals surface area contributed by atoms with Gasteiger partial charge in [0.15, 0.2) is 0 Å². The largest absolute Gasteiger partial charge is 0.481 e. The van der Waals surface area contributed by atoms with Crippen LogP contribution in [0.2, 0.25) is 0 Å². The van der Waals surface area contributed by atoms with Gasteiger partial charge in [0.05, 0.1) is 18.6 Å². The standard InChI is InChI=1S/C12H22N2O4/c1-8(11(15)16)6-14(2)12(17)13-10(7-18-3)9-4-5-9/h8-10H,4-7H2,1-3H3,(H,13,17)(H,15,16).